The van der Waals surface area contributed by atoms with Gasteiger partial charge >= 0.3 is 6.09 Å². The van der Waals surface area contributed by atoms with Crippen LogP contribution in [0.15, 0.2) is 42.5 Å². The van der Waals surface area contributed by atoms with Gasteiger partial charge in [0.1, 0.15) is 24.9 Å². The average molecular weight is 468 g/mol. The Morgan fingerprint density at radius 2 is 1.74 bits per heavy atom. The van der Waals surface area contributed by atoms with Crippen molar-refractivity contribution >= 4 is 23.6 Å². The molecule has 0 aliphatic carbocycles. The van der Waals surface area contributed by atoms with Crippen molar-refractivity contribution in [3.8, 4) is 11.5 Å². The molecule has 0 saturated carbocycles. The number of anilines is 1. The summed E-state index contributed by atoms with van der Waals surface area (Å²) in [5.41, 5.74) is 1.79. The van der Waals surface area contributed by atoms with Crippen LogP contribution in [0.25, 0.3) is 0 Å². The second-order valence-corrected chi connectivity index (χ2v) is 9.22. The van der Waals surface area contributed by atoms with Crippen LogP contribution in [0.2, 0.25) is 0 Å². The summed E-state index contributed by atoms with van der Waals surface area (Å²) in [5, 5.41) is 5.39. The molecule has 2 N–H and O–H groups in total. The molecule has 0 radical (unpaired) electrons. The van der Waals surface area contributed by atoms with Gasteiger partial charge in [-0.2, -0.15) is 0 Å². The lowest BCUT2D eigenvalue weighted by atomic mass is 9.94. The molecule has 2 aliphatic rings. The molecule has 0 fully saturated rings. The third-order valence-corrected chi connectivity index (χ3v) is 5.43. The van der Waals surface area contributed by atoms with Crippen LogP contribution in [0, 0.1) is 0 Å². The van der Waals surface area contributed by atoms with E-state index in [0.717, 1.165) is 11.1 Å². The highest BCUT2D eigenvalue weighted by Crippen LogP contribution is 2.32. The van der Waals surface area contributed by atoms with E-state index in [4.69, 9.17) is 14.2 Å². The quantitative estimate of drug-likeness (QED) is 0.716. The third-order valence-electron chi connectivity index (χ3n) is 5.43. The van der Waals surface area contributed by atoms with Crippen molar-refractivity contribution < 1.29 is 28.6 Å². The normalized spacial score (nSPS) is 16.8. The van der Waals surface area contributed by atoms with Crippen LogP contribution in [0.1, 0.15) is 31.9 Å². The van der Waals surface area contributed by atoms with Crippen LogP contribution in [-0.2, 0) is 27.3 Å². The molecule has 2 heterocycles. The van der Waals surface area contributed by atoms with E-state index < -0.39 is 29.6 Å². The van der Waals surface area contributed by atoms with Gasteiger partial charge in [0.25, 0.3) is 0 Å². The predicted octanol–water partition coefficient (Wildman–Crippen LogP) is 2.87. The maximum absolute atomic E-state index is 13.1. The summed E-state index contributed by atoms with van der Waals surface area (Å²) in [6, 6.07) is 12.0. The van der Waals surface area contributed by atoms with E-state index in [1.54, 1.807) is 39.0 Å². The second kappa shape index (κ2) is 9.62. The van der Waals surface area contributed by atoms with Crippen LogP contribution in [0.3, 0.4) is 0 Å². The SMILES string of the molecule is CC(C)(C)OC(=O)N1Cc2ccccc2C[C@H]1C(=O)NCC(=O)Nc1ccc2c(c1)OCCO2. The molecule has 9 nitrogen and oxygen atoms in total. The third kappa shape index (κ3) is 5.59. The number of fused-ring (bicyclic) bond motifs is 2. The first kappa shape index (κ1) is 23.4. The Labute approximate surface area is 198 Å². The zero-order chi connectivity index (χ0) is 24.3. The maximum Gasteiger partial charge on any atom is 0.411 e. The van der Waals surface area contributed by atoms with E-state index in [9.17, 15) is 14.4 Å². The molecule has 2 aliphatic heterocycles. The van der Waals surface area contributed by atoms with Crippen molar-refractivity contribution in [2.45, 2.75) is 45.4 Å². The van der Waals surface area contributed by atoms with Gasteiger partial charge in [0, 0.05) is 18.2 Å². The Morgan fingerprint density at radius 3 is 2.47 bits per heavy atom. The first-order valence-corrected chi connectivity index (χ1v) is 11.2. The van der Waals surface area contributed by atoms with E-state index in [2.05, 4.69) is 10.6 Å². The number of ether oxygens (including phenoxy) is 3. The van der Waals surface area contributed by atoms with Crippen LogP contribution in [-0.4, -0.2) is 54.2 Å². The van der Waals surface area contributed by atoms with Crippen molar-refractivity contribution in [1.29, 1.82) is 0 Å². The molecule has 0 unspecified atom stereocenters. The van der Waals surface area contributed by atoms with Gasteiger partial charge < -0.3 is 24.8 Å². The van der Waals surface area contributed by atoms with E-state index >= 15 is 0 Å². The lowest BCUT2D eigenvalue weighted by Gasteiger charge is -2.36. The van der Waals surface area contributed by atoms with Crippen LogP contribution in [0.5, 0.6) is 11.5 Å². The van der Waals surface area contributed by atoms with Gasteiger partial charge in [0.15, 0.2) is 11.5 Å². The van der Waals surface area contributed by atoms with E-state index in [1.165, 1.54) is 4.90 Å². The molecule has 34 heavy (non-hydrogen) atoms. The Kier molecular flexibility index (Phi) is 6.63. The van der Waals surface area contributed by atoms with Crippen LogP contribution in [0.4, 0.5) is 10.5 Å². The maximum atomic E-state index is 13.1. The number of amides is 3. The summed E-state index contributed by atoms with van der Waals surface area (Å²) >= 11 is 0. The molecular weight excluding hydrogens is 438 g/mol. The minimum atomic E-state index is -0.785. The average Bonchev–Trinajstić information content (AvgIpc) is 2.80. The minimum Gasteiger partial charge on any atom is -0.486 e. The minimum absolute atomic E-state index is 0.242. The summed E-state index contributed by atoms with van der Waals surface area (Å²) in [7, 11) is 0. The molecule has 2 aromatic rings. The zero-order valence-corrected chi connectivity index (χ0v) is 19.6. The van der Waals surface area contributed by atoms with Gasteiger partial charge in [-0.1, -0.05) is 24.3 Å². The molecule has 2 aromatic carbocycles. The molecule has 0 aromatic heterocycles. The van der Waals surface area contributed by atoms with Crippen LogP contribution < -0.4 is 20.1 Å². The molecule has 0 bridgehead atoms. The molecular formula is C25H29N3O6. The fourth-order valence-electron chi connectivity index (χ4n) is 3.88. The molecule has 4 rings (SSSR count). The smallest absolute Gasteiger partial charge is 0.411 e. The van der Waals surface area contributed by atoms with Gasteiger partial charge in [0.2, 0.25) is 11.8 Å². The standard InChI is InChI=1S/C25H29N3O6/c1-25(2,3)34-24(31)28-15-17-7-5-4-6-16(17)12-19(28)23(30)26-14-22(29)27-18-8-9-20-21(13-18)33-11-10-32-20/h4-9,13,19H,10-12,14-15H2,1-3H3,(H,26,30)(H,27,29)/t19-/m0/s1. The summed E-state index contributed by atoms with van der Waals surface area (Å²) < 4.78 is 16.5. The van der Waals surface area contributed by atoms with Gasteiger partial charge in [-0.25, -0.2) is 4.79 Å². The molecule has 180 valence electrons. The molecule has 0 spiro atoms. The van der Waals surface area contributed by atoms with Crippen molar-refractivity contribution in [1.82, 2.24) is 10.2 Å². The topological polar surface area (TPSA) is 106 Å². The van der Waals surface area contributed by atoms with E-state index in [-0.39, 0.29) is 13.1 Å². The highest BCUT2D eigenvalue weighted by atomic mass is 16.6. The monoisotopic (exact) mass is 467 g/mol. The van der Waals surface area contributed by atoms with Crippen molar-refractivity contribution in [3.05, 3.63) is 53.6 Å². The van der Waals surface area contributed by atoms with Gasteiger partial charge in [-0.3, -0.25) is 14.5 Å². The first-order chi connectivity index (χ1) is 16.2. The summed E-state index contributed by atoms with van der Waals surface area (Å²) in [6.45, 7) is 6.27. The molecule has 9 heteroatoms. The Morgan fingerprint density at radius 1 is 1.03 bits per heavy atom. The van der Waals surface area contributed by atoms with E-state index in [1.807, 2.05) is 24.3 Å². The van der Waals surface area contributed by atoms with Crippen molar-refractivity contribution in [3.63, 3.8) is 0 Å². The fraction of sp³-hybridized carbons (Fsp3) is 0.400. The van der Waals surface area contributed by atoms with Gasteiger partial charge in [-0.05, 0) is 44.0 Å². The van der Waals surface area contributed by atoms with Gasteiger partial charge in [-0.15, -0.1) is 0 Å². The number of nitrogens with one attached hydrogen (secondary N) is 2. The van der Waals surface area contributed by atoms with Crippen molar-refractivity contribution in [2.75, 3.05) is 25.1 Å². The Balaban J connectivity index is 1.40. The Bertz CT molecular complexity index is 1090. The largest absolute Gasteiger partial charge is 0.486 e. The lowest BCUT2D eigenvalue weighted by Crippen LogP contribution is -2.54. The van der Waals surface area contributed by atoms with E-state index in [0.29, 0.717) is 36.8 Å². The summed E-state index contributed by atoms with van der Waals surface area (Å²) in [6.07, 6.45) is -0.228. The highest BCUT2D eigenvalue weighted by Gasteiger charge is 2.37. The number of hydrogen-bond acceptors (Lipinski definition) is 6. The molecule has 0 saturated heterocycles. The Hall–Kier alpha value is -3.75. The number of nitrogens with zero attached hydrogens (tertiary/aromatic N) is 1. The van der Waals surface area contributed by atoms with Crippen molar-refractivity contribution in [2.24, 2.45) is 0 Å². The zero-order valence-electron chi connectivity index (χ0n) is 19.6. The number of carbonyl (C=O) groups is 3. The number of hydrogen-bond donors (Lipinski definition) is 2. The number of benzene rings is 2. The lowest BCUT2D eigenvalue weighted by molar-refractivity contribution is -0.128. The number of carbonyl (C=O) groups excluding carboxylic acids is 3. The highest BCUT2D eigenvalue weighted by molar-refractivity contribution is 5.96. The van der Waals surface area contributed by atoms with Crippen LogP contribution >= 0.6 is 0 Å². The summed E-state index contributed by atoms with van der Waals surface area (Å²) in [5.74, 6) is 0.363. The number of rotatable bonds is 4. The fourth-order valence-corrected chi connectivity index (χ4v) is 3.88. The summed E-state index contributed by atoms with van der Waals surface area (Å²) in [4.78, 5) is 39.8. The second-order valence-electron chi connectivity index (χ2n) is 9.22. The predicted molar refractivity (Wildman–Crippen MR) is 125 cm³/mol. The first-order valence-electron chi connectivity index (χ1n) is 11.2. The van der Waals surface area contributed by atoms with Gasteiger partial charge in [0.05, 0.1) is 13.1 Å². The molecule has 1 atom stereocenters. The molecule has 3 amide bonds.